The van der Waals surface area contributed by atoms with Gasteiger partial charge in [-0.15, -0.1) is 0 Å². The van der Waals surface area contributed by atoms with Crippen LogP contribution in [-0.2, 0) is 7.87 Å². The molecule has 0 atom stereocenters. The first-order valence-electron chi connectivity index (χ1n) is 7.26. The summed E-state index contributed by atoms with van der Waals surface area (Å²) in [5, 5.41) is 0. The van der Waals surface area contributed by atoms with E-state index in [1.807, 2.05) is 0 Å². The normalized spacial score (nSPS) is 10.6. The summed E-state index contributed by atoms with van der Waals surface area (Å²) in [5.74, 6) is -0.118. The number of allylic oxidation sites excluding steroid dienone is 6. The van der Waals surface area contributed by atoms with Crippen LogP contribution in [0.3, 0.4) is 0 Å². The maximum absolute atomic E-state index is 11.6. The van der Waals surface area contributed by atoms with E-state index in [1.54, 1.807) is 6.92 Å². The summed E-state index contributed by atoms with van der Waals surface area (Å²) in [4.78, 5) is 11.6. The van der Waals surface area contributed by atoms with Gasteiger partial charge in [0, 0.05) is 0 Å². The first-order chi connectivity index (χ1) is 9.17. The Kier molecular flexibility index (Phi) is 9.19. The summed E-state index contributed by atoms with van der Waals surface area (Å²) in [6.45, 7) is 14.2. The maximum atomic E-state index is 11.6. The van der Waals surface area contributed by atoms with Crippen molar-refractivity contribution in [2.75, 3.05) is 0 Å². The molecule has 0 rings (SSSR count). The fourth-order valence-electron chi connectivity index (χ4n) is 1.85. The van der Waals surface area contributed by atoms with Gasteiger partial charge in [0.1, 0.15) is 0 Å². The van der Waals surface area contributed by atoms with Crippen LogP contribution in [-0.4, -0.2) is 24.8 Å². The van der Waals surface area contributed by atoms with E-state index in [1.165, 1.54) is 16.7 Å². The van der Waals surface area contributed by atoms with Crippen molar-refractivity contribution in [1.82, 2.24) is 0 Å². The molecule has 0 N–H and O–H groups in total. The molecule has 0 bridgehead atoms. The van der Waals surface area contributed by atoms with Crippen LogP contribution in [0.25, 0.3) is 0 Å². The Balaban J connectivity index is 5.36. The van der Waals surface area contributed by atoms with E-state index in [0.29, 0.717) is 0 Å². The molecule has 0 aromatic rings. The minimum atomic E-state index is -2.98. The molecule has 0 aromatic carbocycles. The monoisotopic (exact) mass is 386 g/mol. The number of carbonyl (C=O) groups is 1. The summed E-state index contributed by atoms with van der Waals surface area (Å²) >= 11 is -2.98. The first-order valence-corrected chi connectivity index (χ1v) is 14.5. The average molecular weight is 385 g/mol. The van der Waals surface area contributed by atoms with Gasteiger partial charge in [0.05, 0.1) is 0 Å². The Hall–Kier alpha value is -0.511. The second kappa shape index (κ2) is 9.43. The SMILES string of the molecule is CC(=O)[O][Sn]([CH2]C=C(C)C)([CH2]C=C(C)C)[CH2]C=C(C)C. The first kappa shape index (κ1) is 19.5. The number of carbonyl (C=O) groups excluding carboxylic acids is 1. The molecule has 20 heavy (non-hydrogen) atoms. The van der Waals surface area contributed by atoms with Gasteiger partial charge in [0.2, 0.25) is 0 Å². The average Bonchev–Trinajstić information content (AvgIpc) is 2.30. The Morgan fingerprint density at radius 3 is 1.25 bits per heavy atom. The molecule has 0 fully saturated rings. The molecule has 0 spiro atoms. The van der Waals surface area contributed by atoms with Crippen LogP contribution in [0.2, 0.25) is 13.3 Å². The zero-order chi connectivity index (χ0) is 15.8. The molecule has 0 saturated carbocycles. The van der Waals surface area contributed by atoms with Gasteiger partial charge in [-0.1, -0.05) is 0 Å². The van der Waals surface area contributed by atoms with Crippen molar-refractivity contribution in [1.29, 1.82) is 0 Å². The number of hydrogen-bond acceptors (Lipinski definition) is 2. The van der Waals surface area contributed by atoms with Gasteiger partial charge >= 0.3 is 129 Å². The Labute approximate surface area is 129 Å². The predicted octanol–water partition coefficient (Wildman–Crippen LogP) is 5.39. The van der Waals surface area contributed by atoms with Gasteiger partial charge in [-0.05, 0) is 0 Å². The van der Waals surface area contributed by atoms with E-state index in [9.17, 15) is 4.79 Å². The van der Waals surface area contributed by atoms with Crippen LogP contribution in [0.1, 0.15) is 48.5 Å². The Morgan fingerprint density at radius 2 is 1.05 bits per heavy atom. The third-order valence-electron chi connectivity index (χ3n) is 3.01. The molecule has 0 radical (unpaired) electrons. The topological polar surface area (TPSA) is 26.3 Å². The van der Waals surface area contributed by atoms with Gasteiger partial charge in [-0.3, -0.25) is 0 Å². The zero-order valence-corrected chi connectivity index (χ0v) is 17.0. The van der Waals surface area contributed by atoms with Gasteiger partial charge in [0.15, 0.2) is 0 Å². The second-order valence-corrected chi connectivity index (χ2v) is 17.1. The molecular formula is C17H30O2Sn. The van der Waals surface area contributed by atoms with Gasteiger partial charge in [-0.25, -0.2) is 0 Å². The number of rotatable bonds is 7. The molecule has 114 valence electrons. The minimum absolute atomic E-state index is 0.118. The standard InChI is InChI=1S/3C5H9.C2H4O2.Sn/c3*1-4-5(2)3;1-2(3)4;/h3*4H,1H2,2-3H3;1H3,(H,3,4);/q;;;;+1/p-1. The number of hydrogen-bond donors (Lipinski definition) is 0. The predicted molar refractivity (Wildman–Crippen MR) is 90.2 cm³/mol. The van der Waals surface area contributed by atoms with Crippen LogP contribution >= 0.6 is 0 Å². The van der Waals surface area contributed by atoms with Crippen molar-refractivity contribution in [3.63, 3.8) is 0 Å². The van der Waals surface area contributed by atoms with E-state index >= 15 is 0 Å². The summed E-state index contributed by atoms with van der Waals surface area (Å²) in [5.41, 5.74) is 3.90. The van der Waals surface area contributed by atoms with E-state index in [4.69, 9.17) is 3.07 Å². The molecule has 0 aliphatic carbocycles. The molecule has 0 unspecified atom stereocenters. The fourth-order valence-corrected chi connectivity index (χ4v) is 12.4. The summed E-state index contributed by atoms with van der Waals surface area (Å²) in [6, 6.07) is 0. The van der Waals surface area contributed by atoms with Crippen molar-refractivity contribution >= 4 is 24.8 Å². The summed E-state index contributed by atoms with van der Waals surface area (Å²) in [6.07, 6.45) is 6.74. The summed E-state index contributed by atoms with van der Waals surface area (Å²) in [7, 11) is 0. The van der Waals surface area contributed by atoms with Crippen LogP contribution in [0.4, 0.5) is 0 Å². The quantitative estimate of drug-likeness (QED) is 0.434. The third-order valence-corrected chi connectivity index (χ3v) is 13.2. The van der Waals surface area contributed by atoms with Gasteiger partial charge in [-0.2, -0.15) is 0 Å². The molecule has 0 saturated heterocycles. The molecule has 0 amide bonds. The van der Waals surface area contributed by atoms with E-state index in [-0.39, 0.29) is 5.97 Å². The van der Waals surface area contributed by atoms with Crippen LogP contribution < -0.4 is 0 Å². The van der Waals surface area contributed by atoms with E-state index in [0.717, 1.165) is 13.3 Å². The van der Waals surface area contributed by atoms with Crippen molar-refractivity contribution < 1.29 is 7.87 Å². The molecule has 2 nitrogen and oxygen atoms in total. The molecule has 0 aliphatic rings. The molecule has 3 heteroatoms. The summed E-state index contributed by atoms with van der Waals surface area (Å²) < 4.78 is 8.81. The van der Waals surface area contributed by atoms with Crippen LogP contribution in [0, 0.1) is 0 Å². The van der Waals surface area contributed by atoms with Crippen molar-refractivity contribution in [2.45, 2.75) is 61.8 Å². The van der Waals surface area contributed by atoms with Gasteiger partial charge < -0.3 is 0 Å². The molecular weight excluding hydrogens is 355 g/mol. The van der Waals surface area contributed by atoms with Crippen LogP contribution in [0.15, 0.2) is 34.9 Å². The van der Waals surface area contributed by atoms with Gasteiger partial charge in [0.25, 0.3) is 0 Å². The van der Waals surface area contributed by atoms with Crippen LogP contribution in [0.5, 0.6) is 0 Å². The third kappa shape index (κ3) is 9.40. The second-order valence-electron chi connectivity index (χ2n) is 6.23. The molecule has 0 aromatic heterocycles. The Bertz CT molecular complexity index is 354. The zero-order valence-electron chi connectivity index (χ0n) is 14.2. The van der Waals surface area contributed by atoms with Crippen molar-refractivity contribution in [3.8, 4) is 0 Å². The van der Waals surface area contributed by atoms with Crippen molar-refractivity contribution in [3.05, 3.63) is 34.9 Å². The molecule has 0 heterocycles. The molecule has 0 aliphatic heterocycles. The fraction of sp³-hybridized carbons (Fsp3) is 0.588. The Morgan fingerprint density at radius 1 is 0.750 bits per heavy atom. The van der Waals surface area contributed by atoms with Crippen molar-refractivity contribution in [2.24, 2.45) is 0 Å². The van der Waals surface area contributed by atoms with E-state index in [2.05, 4.69) is 59.8 Å². The van der Waals surface area contributed by atoms with E-state index < -0.39 is 18.8 Å².